The predicted octanol–water partition coefficient (Wildman–Crippen LogP) is 1.52. The van der Waals surface area contributed by atoms with Crippen LogP contribution in [-0.2, 0) is 33.2 Å². The first-order chi connectivity index (χ1) is 16.2. The third kappa shape index (κ3) is 4.41. The van der Waals surface area contributed by atoms with Crippen LogP contribution < -0.4 is 16.6 Å². The van der Waals surface area contributed by atoms with E-state index in [-0.39, 0.29) is 30.5 Å². The summed E-state index contributed by atoms with van der Waals surface area (Å²) in [6, 6.07) is 12.6. The maximum atomic E-state index is 12.9. The Kier molecular flexibility index (Phi) is 6.19. The van der Waals surface area contributed by atoms with E-state index in [1.807, 2.05) is 30.3 Å². The second-order valence-electron chi connectivity index (χ2n) is 8.48. The summed E-state index contributed by atoms with van der Waals surface area (Å²) < 4.78 is 6.44. The number of carbonyl (C=O) groups excluding carboxylic acids is 2. The SMILES string of the molecule is CCOC(=O)CNC(=O)C1(c2ccc3c(c2)nc(Cc2ccc(C(=N)N)cc2)c(=O)n3C)CC1. The van der Waals surface area contributed by atoms with Crippen molar-refractivity contribution in [3.8, 4) is 0 Å². The summed E-state index contributed by atoms with van der Waals surface area (Å²) in [7, 11) is 1.70. The minimum absolute atomic E-state index is 0.0147. The molecule has 1 aromatic heterocycles. The Morgan fingerprint density at radius 1 is 1.21 bits per heavy atom. The molecule has 176 valence electrons. The fraction of sp³-hybridized carbons (Fsp3) is 0.320. The van der Waals surface area contributed by atoms with Crippen molar-refractivity contribution < 1.29 is 14.3 Å². The van der Waals surface area contributed by atoms with Gasteiger partial charge in [-0.05, 0) is 43.0 Å². The number of rotatable bonds is 8. The molecule has 0 saturated heterocycles. The number of nitrogens with zero attached hydrogens (tertiary/aromatic N) is 2. The number of aryl methyl sites for hydroxylation is 1. The van der Waals surface area contributed by atoms with Crippen molar-refractivity contribution in [2.24, 2.45) is 12.8 Å². The van der Waals surface area contributed by atoms with Crippen molar-refractivity contribution in [2.75, 3.05) is 13.2 Å². The van der Waals surface area contributed by atoms with Gasteiger partial charge in [0.2, 0.25) is 5.91 Å². The molecule has 9 heteroatoms. The number of amidine groups is 1. The van der Waals surface area contributed by atoms with Crippen molar-refractivity contribution in [3.63, 3.8) is 0 Å². The Labute approximate surface area is 196 Å². The molecule has 34 heavy (non-hydrogen) atoms. The van der Waals surface area contributed by atoms with Gasteiger partial charge in [-0.15, -0.1) is 0 Å². The lowest BCUT2D eigenvalue weighted by molar-refractivity contribution is -0.143. The monoisotopic (exact) mass is 461 g/mol. The lowest BCUT2D eigenvalue weighted by Gasteiger charge is -2.17. The molecule has 1 aliphatic carbocycles. The molecule has 0 spiro atoms. The Bertz CT molecular complexity index is 1340. The topological polar surface area (TPSA) is 140 Å². The summed E-state index contributed by atoms with van der Waals surface area (Å²) in [6.07, 6.45) is 1.68. The molecule has 0 radical (unpaired) electrons. The molecule has 1 aliphatic rings. The van der Waals surface area contributed by atoms with Gasteiger partial charge in [0.1, 0.15) is 18.1 Å². The molecule has 4 N–H and O–H groups in total. The molecule has 4 rings (SSSR count). The number of ether oxygens (including phenoxy) is 1. The van der Waals surface area contributed by atoms with Crippen LogP contribution in [0.2, 0.25) is 0 Å². The number of amides is 1. The van der Waals surface area contributed by atoms with Gasteiger partial charge in [0.25, 0.3) is 5.56 Å². The molecule has 1 fully saturated rings. The van der Waals surface area contributed by atoms with Gasteiger partial charge in [-0.2, -0.15) is 0 Å². The van der Waals surface area contributed by atoms with Gasteiger partial charge in [0.15, 0.2) is 0 Å². The van der Waals surface area contributed by atoms with Gasteiger partial charge in [-0.1, -0.05) is 30.3 Å². The van der Waals surface area contributed by atoms with Gasteiger partial charge in [-0.3, -0.25) is 19.8 Å². The summed E-state index contributed by atoms with van der Waals surface area (Å²) in [6.45, 7) is 1.81. The van der Waals surface area contributed by atoms with Crippen LogP contribution in [0.15, 0.2) is 47.3 Å². The zero-order valence-corrected chi connectivity index (χ0v) is 19.2. The second-order valence-corrected chi connectivity index (χ2v) is 8.48. The van der Waals surface area contributed by atoms with E-state index in [0.29, 0.717) is 41.6 Å². The average Bonchev–Trinajstić information content (AvgIpc) is 3.63. The molecule has 1 heterocycles. The maximum absolute atomic E-state index is 12.9. The van der Waals surface area contributed by atoms with E-state index < -0.39 is 11.4 Å². The highest BCUT2D eigenvalue weighted by Crippen LogP contribution is 2.48. The van der Waals surface area contributed by atoms with E-state index in [1.54, 1.807) is 30.7 Å². The van der Waals surface area contributed by atoms with Crippen LogP contribution in [0.1, 0.15) is 42.1 Å². The maximum Gasteiger partial charge on any atom is 0.325 e. The first-order valence-electron chi connectivity index (χ1n) is 11.1. The zero-order chi connectivity index (χ0) is 24.5. The molecule has 1 saturated carbocycles. The van der Waals surface area contributed by atoms with Crippen LogP contribution in [-0.4, -0.2) is 40.4 Å². The van der Waals surface area contributed by atoms with Crippen molar-refractivity contribution in [1.82, 2.24) is 14.9 Å². The summed E-state index contributed by atoms with van der Waals surface area (Å²) in [4.78, 5) is 42.0. The van der Waals surface area contributed by atoms with Crippen molar-refractivity contribution >= 4 is 28.7 Å². The summed E-state index contributed by atoms with van der Waals surface area (Å²) >= 11 is 0. The number of aromatic nitrogens is 2. The lowest BCUT2D eigenvalue weighted by atomic mass is 9.94. The minimum Gasteiger partial charge on any atom is -0.465 e. The normalized spacial score (nSPS) is 13.9. The van der Waals surface area contributed by atoms with E-state index in [9.17, 15) is 14.4 Å². The molecule has 2 aromatic carbocycles. The number of esters is 1. The molecular formula is C25H27N5O4. The molecule has 0 unspecified atom stereocenters. The summed E-state index contributed by atoms with van der Waals surface area (Å²) in [5.74, 6) is -0.697. The van der Waals surface area contributed by atoms with E-state index in [2.05, 4.69) is 10.3 Å². The van der Waals surface area contributed by atoms with Crippen LogP contribution >= 0.6 is 0 Å². The minimum atomic E-state index is -0.695. The standard InChI is InChI=1S/C25H27N5O4/c1-3-34-21(31)14-28-24(33)25(10-11-25)17-8-9-20-18(13-17)29-19(23(32)30(20)2)12-15-4-6-16(7-5-15)22(26)27/h4-9,13H,3,10-12,14H2,1-2H3,(H3,26,27)(H,28,33). The van der Waals surface area contributed by atoms with Crippen LogP contribution in [0, 0.1) is 5.41 Å². The number of carbonyl (C=O) groups is 2. The fourth-order valence-electron chi connectivity index (χ4n) is 4.11. The number of benzene rings is 2. The first kappa shape index (κ1) is 23.2. The van der Waals surface area contributed by atoms with Gasteiger partial charge in [0, 0.05) is 19.0 Å². The van der Waals surface area contributed by atoms with Crippen LogP contribution in [0.4, 0.5) is 0 Å². The second kappa shape index (κ2) is 9.09. The van der Waals surface area contributed by atoms with Crippen LogP contribution in [0.5, 0.6) is 0 Å². The Morgan fingerprint density at radius 2 is 1.91 bits per heavy atom. The van der Waals surface area contributed by atoms with E-state index in [4.69, 9.17) is 15.9 Å². The van der Waals surface area contributed by atoms with Gasteiger partial charge >= 0.3 is 5.97 Å². The number of hydrogen-bond donors (Lipinski definition) is 3. The number of fused-ring (bicyclic) bond motifs is 1. The van der Waals surface area contributed by atoms with Crippen molar-refractivity contribution in [2.45, 2.75) is 31.6 Å². The first-order valence-corrected chi connectivity index (χ1v) is 11.1. The third-order valence-corrected chi connectivity index (χ3v) is 6.22. The van der Waals surface area contributed by atoms with E-state index in [0.717, 1.165) is 11.1 Å². The van der Waals surface area contributed by atoms with Gasteiger partial charge in [-0.25, -0.2) is 4.98 Å². The smallest absolute Gasteiger partial charge is 0.325 e. The number of nitrogen functional groups attached to an aromatic ring is 1. The highest BCUT2D eigenvalue weighted by atomic mass is 16.5. The third-order valence-electron chi connectivity index (χ3n) is 6.22. The van der Waals surface area contributed by atoms with Gasteiger partial charge in [0.05, 0.1) is 23.1 Å². The molecule has 0 aliphatic heterocycles. The predicted molar refractivity (Wildman–Crippen MR) is 128 cm³/mol. The van der Waals surface area contributed by atoms with E-state index in [1.165, 1.54) is 0 Å². The Morgan fingerprint density at radius 3 is 2.53 bits per heavy atom. The van der Waals surface area contributed by atoms with Gasteiger partial charge < -0.3 is 20.4 Å². The van der Waals surface area contributed by atoms with Crippen LogP contribution in [0.3, 0.4) is 0 Å². The molecule has 1 amide bonds. The van der Waals surface area contributed by atoms with Crippen molar-refractivity contribution in [3.05, 3.63) is 75.2 Å². The summed E-state index contributed by atoms with van der Waals surface area (Å²) in [5.41, 5.74) is 8.61. The largest absolute Gasteiger partial charge is 0.465 e. The molecule has 0 bridgehead atoms. The lowest BCUT2D eigenvalue weighted by Crippen LogP contribution is -2.38. The van der Waals surface area contributed by atoms with Crippen LogP contribution in [0.25, 0.3) is 11.0 Å². The van der Waals surface area contributed by atoms with Crippen molar-refractivity contribution in [1.29, 1.82) is 5.41 Å². The zero-order valence-electron chi connectivity index (χ0n) is 19.2. The Balaban J connectivity index is 1.62. The molecule has 3 aromatic rings. The Hall–Kier alpha value is -4.01. The van der Waals surface area contributed by atoms with E-state index >= 15 is 0 Å². The molecular weight excluding hydrogens is 434 g/mol. The molecule has 0 atom stereocenters. The fourth-order valence-corrected chi connectivity index (χ4v) is 4.11. The number of hydrogen-bond acceptors (Lipinski definition) is 6. The number of nitrogens with two attached hydrogens (primary N) is 1. The average molecular weight is 462 g/mol. The highest BCUT2D eigenvalue weighted by Gasteiger charge is 2.51. The quantitative estimate of drug-likeness (QED) is 0.264. The number of nitrogens with one attached hydrogen (secondary N) is 2. The summed E-state index contributed by atoms with van der Waals surface area (Å²) in [5, 5.41) is 10.2. The highest BCUT2D eigenvalue weighted by molar-refractivity contribution is 5.95. The molecule has 9 nitrogen and oxygen atoms in total.